The summed E-state index contributed by atoms with van der Waals surface area (Å²) in [5.41, 5.74) is 4.46. The predicted molar refractivity (Wildman–Crippen MR) is 109 cm³/mol. The van der Waals surface area contributed by atoms with E-state index < -0.39 is 0 Å². The van der Waals surface area contributed by atoms with Crippen molar-refractivity contribution < 1.29 is 4.79 Å². The van der Waals surface area contributed by atoms with Crippen LogP contribution in [-0.4, -0.2) is 33.4 Å². The van der Waals surface area contributed by atoms with E-state index in [4.69, 9.17) is 0 Å². The Kier molecular flexibility index (Phi) is 6.60. The van der Waals surface area contributed by atoms with Gasteiger partial charge in [0.05, 0.1) is 17.4 Å². The monoisotopic (exact) mass is 364 g/mol. The van der Waals surface area contributed by atoms with Gasteiger partial charge in [-0.25, -0.2) is 4.98 Å². The Bertz CT molecular complexity index is 865. The molecule has 0 saturated carbocycles. The number of aryl methyl sites for hydroxylation is 1. The maximum Gasteiger partial charge on any atom is 0.222 e. The lowest BCUT2D eigenvalue weighted by Gasteiger charge is -2.18. The SMILES string of the molecule is CCN(CC)Cc1ccc(CNC(=O)CCn2cnc3ccccc32)cc1. The van der Waals surface area contributed by atoms with Crippen LogP contribution in [-0.2, 0) is 24.4 Å². The summed E-state index contributed by atoms with van der Waals surface area (Å²) in [7, 11) is 0. The molecule has 2 aromatic carbocycles. The molecule has 3 aromatic rings. The Labute approximate surface area is 161 Å². The van der Waals surface area contributed by atoms with Crippen LogP contribution >= 0.6 is 0 Å². The highest BCUT2D eigenvalue weighted by molar-refractivity contribution is 5.77. The largest absolute Gasteiger partial charge is 0.352 e. The van der Waals surface area contributed by atoms with E-state index in [9.17, 15) is 4.79 Å². The molecule has 0 atom stereocenters. The van der Waals surface area contributed by atoms with Gasteiger partial charge in [0.1, 0.15) is 0 Å². The van der Waals surface area contributed by atoms with E-state index in [-0.39, 0.29) is 5.91 Å². The number of rotatable bonds is 9. The average Bonchev–Trinajstić information content (AvgIpc) is 3.13. The summed E-state index contributed by atoms with van der Waals surface area (Å²) in [5.74, 6) is 0.0556. The van der Waals surface area contributed by atoms with Crippen LogP contribution in [0.3, 0.4) is 0 Å². The van der Waals surface area contributed by atoms with Gasteiger partial charge in [-0.3, -0.25) is 9.69 Å². The third-order valence-corrected chi connectivity index (χ3v) is 4.92. The minimum absolute atomic E-state index is 0.0556. The minimum Gasteiger partial charge on any atom is -0.352 e. The van der Waals surface area contributed by atoms with E-state index in [1.165, 1.54) is 5.56 Å². The fourth-order valence-electron chi connectivity index (χ4n) is 3.17. The van der Waals surface area contributed by atoms with Crippen LogP contribution in [0.1, 0.15) is 31.4 Å². The molecular weight excluding hydrogens is 336 g/mol. The molecule has 0 aliphatic carbocycles. The van der Waals surface area contributed by atoms with Crippen molar-refractivity contribution in [3.63, 3.8) is 0 Å². The van der Waals surface area contributed by atoms with Gasteiger partial charge in [0.15, 0.2) is 0 Å². The summed E-state index contributed by atoms with van der Waals surface area (Å²) < 4.78 is 2.02. The lowest BCUT2D eigenvalue weighted by atomic mass is 10.1. The Hall–Kier alpha value is -2.66. The first-order valence-corrected chi connectivity index (χ1v) is 9.66. The van der Waals surface area contributed by atoms with Crippen molar-refractivity contribution in [1.82, 2.24) is 19.8 Å². The number of carbonyl (C=O) groups is 1. The lowest BCUT2D eigenvalue weighted by molar-refractivity contribution is -0.121. The summed E-state index contributed by atoms with van der Waals surface area (Å²) in [6, 6.07) is 16.5. The van der Waals surface area contributed by atoms with Crippen LogP contribution < -0.4 is 5.32 Å². The fraction of sp³-hybridized carbons (Fsp3) is 0.364. The first kappa shape index (κ1) is 19.1. The van der Waals surface area contributed by atoms with Gasteiger partial charge in [0.25, 0.3) is 0 Å². The van der Waals surface area contributed by atoms with Crippen molar-refractivity contribution in [2.24, 2.45) is 0 Å². The standard InChI is InChI=1S/C22H28N4O/c1-3-25(4-2)16-19-11-9-18(10-12-19)15-23-22(27)13-14-26-17-24-20-7-5-6-8-21(20)26/h5-12,17H,3-4,13-16H2,1-2H3,(H,23,27). The summed E-state index contributed by atoms with van der Waals surface area (Å²) in [4.78, 5) is 18.9. The van der Waals surface area contributed by atoms with Gasteiger partial charge in [-0.05, 0) is 36.3 Å². The summed E-state index contributed by atoms with van der Waals surface area (Å²) in [6.45, 7) is 8.64. The second kappa shape index (κ2) is 9.33. The molecule has 1 N–H and O–H groups in total. The Morgan fingerprint density at radius 1 is 1.04 bits per heavy atom. The third kappa shape index (κ3) is 5.17. The smallest absolute Gasteiger partial charge is 0.222 e. The second-order valence-electron chi connectivity index (χ2n) is 6.73. The van der Waals surface area contributed by atoms with Gasteiger partial charge in [-0.2, -0.15) is 0 Å². The van der Waals surface area contributed by atoms with Gasteiger partial charge in [-0.15, -0.1) is 0 Å². The van der Waals surface area contributed by atoms with Crippen molar-refractivity contribution in [1.29, 1.82) is 0 Å². The molecule has 142 valence electrons. The van der Waals surface area contributed by atoms with Gasteiger partial charge in [-0.1, -0.05) is 50.2 Å². The Balaban J connectivity index is 1.46. The molecule has 0 unspecified atom stereocenters. The highest BCUT2D eigenvalue weighted by Gasteiger charge is 2.06. The molecule has 5 nitrogen and oxygen atoms in total. The van der Waals surface area contributed by atoms with E-state index in [1.807, 2.05) is 28.8 Å². The van der Waals surface area contributed by atoms with Crippen LogP contribution in [0.5, 0.6) is 0 Å². The highest BCUT2D eigenvalue weighted by atomic mass is 16.1. The Morgan fingerprint density at radius 2 is 1.74 bits per heavy atom. The van der Waals surface area contributed by atoms with Crippen LogP contribution in [0.2, 0.25) is 0 Å². The number of hydrogen-bond acceptors (Lipinski definition) is 3. The molecule has 0 spiro atoms. The molecule has 1 amide bonds. The zero-order valence-corrected chi connectivity index (χ0v) is 16.2. The summed E-state index contributed by atoms with van der Waals surface area (Å²) in [5, 5.41) is 3.01. The Morgan fingerprint density at radius 3 is 2.48 bits per heavy atom. The van der Waals surface area contributed by atoms with E-state index >= 15 is 0 Å². The summed E-state index contributed by atoms with van der Waals surface area (Å²) in [6.07, 6.45) is 2.24. The molecule has 27 heavy (non-hydrogen) atoms. The molecule has 0 radical (unpaired) electrons. The van der Waals surface area contributed by atoms with Crippen LogP contribution in [0.25, 0.3) is 11.0 Å². The van der Waals surface area contributed by atoms with E-state index in [0.29, 0.717) is 19.5 Å². The molecule has 0 fully saturated rings. The molecular formula is C22H28N4O. The number of para-hydroxylation sites is 2. The molecule has 0 saturated heterocycles. The van der Waals surface area contributed by atoms with Crippen LogP contribution in [0, 0.1) is 0 Å². The molecule has 1 aromatic heterocycles. The van der Waals surface area contributed by atoms with E-state index in [0.717, 1.165) is 36.2 Å². The minimum atomic E-state index is 0.0556. The average molecular weight is 364 g/mol. The fourth-order valence-corrected chi connectivity index (χ4v) is 3.17. The molecule has 0 aliphatic rings. The van der Waals surface area contributed by atoms with Gasteiger partial charge in [0.2, 0.25) is 5.91 Å². The molecule has 3 rings (SSSR count). The van der Waals surface area contributed by atoms with E-state index in [1.54, 1.807) is 6.33 Å². The van der Waals surface area contributed by atoms with Crippen molar-refractivity contribution >= 4 is 16.9 Å². The number of imidazole rings is 1. The van der Waals surface area contributed by atoms with E-state index in [2.05, 4.69) is 53.3 Å². The van der Waals surface area contributed by atoms with Crippen LogP contribution in [0.4, 0.5) is 0 Å². The number of carbonyl (C=O) groups excluding carboxylic acids is 1. The van der Waals surface area contributed by atoms with Gasteiger partial charge < -0.3 is 9.88 Å². The number of nitrogens with one attached hydrogen (secondary N) is 1. The molecule has 1 heterocycles. The number of fused-ring (bicyclic) bond motifs is 1. The zero-order valence-electron chi connectivity index (χ0n) is 16.2. The number of amides is 1. The van der Waals surface area contributed by atoms with Gasteiger partial charge >= 0.3 is 0 Å². The number of benzene rings is 2. The first-order valence-electron chi connectivity index (χ1n) is 9.66. The predicted octanol–water partition coefficient (Wildman–Crippen LogP) is 3.58. The first-order chi connectivity index (χ1) is 13.2. The second-order valence-corrected chi connectivity index (χ2v) is 6.73. The number of hydrogen-bond donors (Lipinski definition) is 1. The topological polar surface area (TPSA) is 50.2 Å². The number of nitrogens with zero attached hydrogens (tertiary/aromatic N) is 3. The summed E-state index contributed by atoms with van der Waals surface area (Å²) >= 11 is 0. The molecule has 0 aliphatic heterocycles. The third-order valence-electron chi connectivity index (χ3n) is 4.92. The van der Waals surface area contributed by atoms with Crippen molar-refractivity contribution in [2.75, 3.05) is 13.1 Å². The number of aromatic nitrogens is 2. The maximum atomic E-state index is 12.2. The lowest BCUT2D eigenvalue weighted by Crippen LogP contribution is -2.24. The maximum absolute atomic E-state index is 12.2. The van der Waals surface area contributed by atoms with Gasteiger partial charge in [0, 0.05) is 26.1 Å². The van der Waals surface area contributed by atoms with Crippen molar-refractivity contribution in [3.05, 3.63) is 66.0 Å². The quantitative estimate of drug-likeness (QED) is 0.631. The normalized spacial score (nSPS) is 11.2. The van der Waals surface area contributed by atoms with Crippen LogP contribution in [0.15, 0.2) is 54.9 Å². The highest BCUT2D eigenvalue weighted by Crippen LogP contribution is 2.12. The molecule has 5 heteroatoms. The van der Waals surface area contributed by atoms with Crippen molar-refractivity contribution in [2.45, 2.75) is 39.9 Å². The van der Waals surface area contributed by atoms with Crippen molar-refractivity contribution in [3.8, 4) is 0 Å². The zero-order chi connectivity index (χ0) is 19.1. The molecule has 0 bridgehead atoms.